The van der Waals surface area contributed by atoms with Crippen molar-refractivity contribution in [1.82, 2.24) is 19.9 Å². The molecule has 38 heavy (non-hydrogen) atoms. The van der Waals surface area contributed by atoms with Crippen molar-refractivity contribution in [3.63, 3.8) is 0 Å². The van der Waals surface area contributed by atoms with Crippen LogP contribution in [0, 0.1) is 0 Å². The SMILES string of the molecule is COC(=O)c1nnn([C@H]2C[C@@H](C(=O)Nc3ccc4c(c3)COC4)N(C/C=C/c3ccco3)C2)c1C(=O)OC. The molecule has 0 spiro atoms. The second-order valence-corrected chi connectivity index (χ2v) is 8.96. The molecule has 1 fully saturated rings. The maximum Gasteiger partial charge on any atom is 0.361 e. The number of esters is 2. The summed E-state index contributed by atoms with van der Waals surface area (Å²) in [4.78, 5) is 40.2. The first-order valence-electron chi connectivity index (χ1n) is 12.0. The van der Waals surface area contributed by atoms with Crippen LogP contribution in [-0.4, -0.2) is 71.1 Å². The molecule has 2 aliphatic heterocycles. The van der Waals surface area contributed by atoms with E-state index in [1.165, 1.54) is 18.9 Å². The summed E-state index contributed by atoms with van der Waals surface area (Å²) in [6, 6.07) is 8.36. The number of anilines is 1. The van der Waals surface area contributed by atoms with Crippen molar-refractivity contribution < 1.29 is 33.0 Å². The van der Waals surface area contributed by atoms with Gasteiger partial charge >= 0.3 is 11.9 Å². The molecule has 5 rings (SSSR count). The number of nitrogens with zero attached hydrogens (tertiary/aromatic N) is 4. The molecule has 0 bridgehead atoms. The molecule has 3 aromatic rings. The van der Waals surface area contributed by atoms with Crippen LogP contribution in [0.25, 0.3) is 6.08 Å². The van der Waals surface area contributed by atoms with Crippen LogP contribution in [0.5, 0.6) is 0 Å². The average Bonchev–Trinajstić information content (AvgIpc) is 3.73. The van der Waals surface area contributed by atoms with Gasteiger partial charge < -0.3 is 23.9 Å². The summed E-state index contributed by atoms with van der Waals surface area (Å²) in [5.41, 5.74) is 2.48. The number of carbonyl (C=O) groups excluding carboxylic acids is 3. The fourth-order valence-electron chi connectivity index (χ4n) is 4.77. The van der Waals surface area contributed by atoms with Crippen LogP contribution < -0.4 is 5.32 Å². The third kappa shape index (κ3) is 5.08. The van der Waals surface area contributed by atoms with Gasteiger partial charge in [-0.2, -0.15) is 0 Å². The number of likely N-dealkylation sites (tertiary alicyclic amines) is 1. The largest absolute Gasteiger partial charge is 0.465 e. The molecule has 2 aliphatic rings. The molecule has 2 aromatic heterocycles. The van der Waals surface area contributed by atoms with Gasteiger partial charge in [0.15, 0.2) is 5.69 Å². The van der Waals surface area contributed by atoms with Gasteiger partial charge in [-0.15, -0.1) is 5.10 Å². The molecule has 198 valence electrons. The molecule has 12 heteroatoms. The van der Waals surface area contributed by atoms with Crippen molar-refractivity contribution in [2.75, 3.05) is 32.6 Å². The summed E-state index contributed by atoms with van der Waals surface area (Å²) in [6.07, 6.45) is 5.63. The topological polar surface area (TPSA) is 138 Å². The van der Waals surface area contributed by atoms with Crippen LogP contribution in [0.2, 0.25) is 0 Å². The van der Waals surface area contributed by atoms with E-state index in [-0.39, 0.29) is 17.3 Å². The Balaban J connectivity index is 1.40. The molecule has 0 unspecified atom stereocenters. The van der Waals surface area contributed by atoms with E-state index in [1.807, 2.05) is 41.3 Å². The molecule has 1 N–H and O–H groups in total. The van der Waals surface area contributed by atoms with E-state index in [4.69, 9.17) is 18.6 Å². The Hall–Kier alpha value is -4.29. The summed E-state index contributed by atoms with van der Waals surface area (Å²) >= 11 is 0. The normalized spacial score (nSPS) is 19.0. The van der Waals surface area contributed by atoms with Crippen LogP contribution in [-0.2, 0) is 32.2 Å². The van der Waals surface area contributed by atoms with Gasteiger partial charge in [0.25, 0.3) is 0 Å². The van der Waals surface area contributed by atoms with Crippen LogP contribution in [0.1, 0.15) is 50.3 Å². The molecular weight excluding hydrogens is 494 g/mol. The van der Waals surface area contributed by atoms with E-state index < -0.39 is 24.0 Å². The van der Waals surface area contributed by atoms with Crippen molar-refractivity contribution in [2.24, 2.45) is 0 Å². The zero-order chi connectivity index (χ0) is 26.6. The van der Waals surface area contributed by atoms with E-state index in [0.717, 1.165) is 11.1 Å². The van der Waals surface area contributed by atoms with E-state index in [9.17, 15) is 14.4 Å². The molecule has 2 atom stereocenters. The van der Waals surface area contributed by atoms with E-state index in [2.05, 4.69) is 15.6 Å². The predicted molar refractivity (Wildman–Crippen MR) is 133 cm³/mol. The monoisotopic (exact) mass is 521 g/mol. The smallest absolute Gasteiger partial charge is 0.361 e. The summed E-state index contributed by atoms with van der Waals surface area (Å²) in [7, 11) is 2.40. The fraction of sp³-hybridized carbons (Fsp3) is 0.346. The Kier molecular flexibility index (Phi) is 7.33. The number of carbonyl (C=O) groups is 3. The van der Waals surface area contributed by atoms with Gasteiger partial charge in [0.2, 0.25) is 11.6 Å². The second kappa shape index (κ2) is 11.0. The summed E-state index contributed by atoms with van der Waals surface area (Å²) in [6.45, 7) is 1.88. The van der Waals surface area contributed by atoms with Crippen LogP contribution in [0.4, 0.5) is 5.69 Å². The second-order valence-electron chi connectivity index (χ2n) is 8.96. The van der Waals surface area contributed by atoms with Gasteiger partial charge in [0.05, 0.1) is 45.8 Å². The lowest BCUT2D eigenvalue weighted by Crippen LogP contribution is -2.39. The number of hydrogen-bond donors (Lipinski definition) is 1. The lowest BCUT2D eigenvalue weighted by atomic mass is 10.1. The Bertz CT molecular complexity index is 1360. The van der Waals surface area contributed by atoms with Gasteiger partial charge in [0, 0.05) is 18.8 Å². The number of hydrogen-bond acceptors (Lipinski definition) is 10. The molecule has 1 aromatic carbocycles. The number of aromatic nitrogens is 3. The highest BCUT2D eigenvalue weighted by molar-refractivity contribution is 6.00. The molecule has 0 saturated carbocycles. The maximum atomic E-state index is 13.5. The summed E-state index contributed by atoms with van der Waals surface area (Å²) in [5, 5.41) is 11.0. The van der Waals surface area contributed by atoms with E-state index in [1.54, 1.807) is 12.3 Å². The predicted octanol–water partition coefficient (Wildman–Crippen LogP) is 2.44. The van der Waals surface area contributed by atoms with Gasteiger partial charge in [-0.05, 0) is 47.9 Å². The molecule has 4 heterocycles. The highest BCUT2D eigenvalue weighted by Gasteiger charge is 2.40. The number of methoxy groups -OCH3 is 2. The first-order chi connectivity index (χ1) is 18.5. The number of furan rings is 1. The maximum absolute atomic E-state index is 13.5. The van der Waals surface area contributed by atoms with Crippen LogP contribution in [0.15, 0.2) is 47.1 Å². The van der Waals surface area contributed by atoms with Crippen molar-refractivity contribution in [2.45, 2.75) is 31.7 Å². The average molecular weight is 522 g/mol. The zero-order valence-electron chi connectivity index (χ0n) is 21.0. The summed E-state index contributed by atoms with van der Waals surface area (Å²) in [5.74, 6) is -1.09. The van der Waals surface area contributed by atoms with Crippen molar-refractivity contribution >= 4 is 29.6 Å². The van der Waals surface area contributed by atoms with Crippen molar-refractivity contribution in [3.8, 4) is 0 Å². The number of nitrogens with one attached hydrogen (secondary N) is 1. The van der Waals surface area contributed by atoms with E-state index >= 15 is 0 Å². The Labute approximate surface area is 218 Å². The molecule has 1 saturated heterocycles. The zero-order valence-corrected chi connectivity index (χ0v) is 21.0. The Morgan fingerprint density at radius 1 is 1.13 bits per heavy atom. The van der Waals surface area contributed by atoms with E-state index in [0.29, 0.717) is 44.2 Å². The number of rotatable bonds is 8. The first-order valence-corrected chi connectivity index (χ1v) is 12.0. The summed E-state index contributed by atoms with van der Waals surface area (Å²) < 4.78 is 21.8. The van der Waals surface area contributed by atoms with Gasteiger partial charge in [-0.25, -0.2) is 14.3 Å². The highest BCUT2D eigenvalue weighted by atomic mass is 16.5. The standard InChI is InChI=1S/C26H27N5O7/c1-35-25(33)22-23(26(34)36-2)31(29-28-22)19-12-21(30(13-19)9-3-5-20-6-4-10-38-20)24(32)27-18-8-7-16-14-37-15-17(16)11-18/h3-8,10-11,19,21H,9,12-15H2,1-2H3,(H,27,32)/b5-3+/t19-,21-/m0/s1. The highest BCUT2D eigenvalue weighted by Crippen LogP contribution is 2.31. The number of benzene rings is 1. The number of fused-ring (bicyclic) bond motifs is 1. The first kappa shape index (κ1) is 25.4. The third-order valence-electron chi connectivity index (χ3n) is 6.64. The lowest BCUT2D eigenvalue weighted by molar-refractivity contribution is -0.120. The van der Waals surface area contributed by atoms with Crippen molar-refractivity contribution in [1.29, 1.82) is 0 Å². The fourth-order valence-corrected chi connectivity index (χ4v) is 4.77. The van der Waals surface area contributed by atoms with Crippen LogP contribution >= 0.6 is 0 Å². The molecule has 1 amide bonds. The quantitative estimate of drug-likeness (QED) is 0.440. The Morgan fingerprint density at radius 2 is 1.95 bits per heavy atom. The van der Waals surface area contributed by atoms with Gasteiger partial charge in [-0.1, -0.05) is 17.4 Å². The van der Waals surface area contributed by atoms with Crippen molar-refractivity contribution in [3.05, 3.63) is 70.9 Å². The molecule has 0 radical (unpaired) electrons. The minimum atomic E-state index is -0.803. The molecule has 0 aliphatic carbocycles. The lowest BCUT2D eigenvalue weighted by Gasteiger charge is -2.22. The van der Waals surface area contributed by atoms with Crippen LogP contribution in [0.3, 0.4) is 0 Å². The minimum Gasteiger partial charge on any atom is -0.465 e. The third-order valence-corrected chi connectivity index (χ3v) is 6.64. The minimum absolute atomic E-state index is 0.116. The molecule has 12 nitrogen and oxygen atoms in total. The number of ether oxygens (including phenoxy) is 3. The number of amides is 1. The Morgan fingerprint density at radius 3 is 2.71 bits per heavy atom. The van der Waals surface area contributed by atoms with Gasteiger partial charge in [-0.3, -0.25) is 9.69 Å². The van der Waals surface area contributed by atoms with Gasteiger partial charge in [0.1, 0.15) is 5.76 Å². The molecular formula is C26H27N5O7.